The van der Waals surface area contributed by atoms with Gasteiger partial charge in [-0.25, -0.2) is 8.42 Å². The Morgan fingerprint density at radius 2 is 1.67 bits per heavy atom. The monoisotopic (exact) mass is 385 g/mol. The van der Waals surface area contributed by atoms with E-state index < -0.39 is 10.0 Å². The lowest BCUT2D eigenvalue weighted by atomic mass is 10.1. The molecule has 0 spiro atoms. The molecule has 0 aliphatic rings. The van der Waals surface area contributed by atoms with E-state index >= 15 is 0 Å². The summed E-state index contributed by atoms with van der Waals surface area (Å²) in [6.07, 6.45) is 1.16. The zero-order valence-corrected chi connectivity index (χ0v) is 16.7. The van der Waals surface area contributed by atoms with E-state index in [0.29, 0.717) is 16.9 Å². The van der Waals surface area contributed by atoms with E-state index in [0.717, 1.165) is 22.9 Å². The quantitative estimate of drug-likeness (QED) is 0.826. The van der Waals surface area contributed by atoms with Gasteiger partial charge in [-0.2, -0.15) is 5.26 Å². The Hall–Kier alpha value is -2.85. The molecule has 27 heavy (non-hydrogen) atoms. The number of nitrogens with one attached hydrogen (secondary N) is 1. The van der Waals surface area contributed by atoms with Crippen LogP contribution in [0.2, 0.25) is 0 Å². The van der Waals surface area contributed by atoms with Crippen LogP contribution in [0.5, 0.6) is 0 Å². The molecule has 0 heterocycles. The highest BCUT2D eigenvalue weighted by Gasteiger charge is 2.22. The number of anilines is 2. The number of benzene rings is 2. The van der Waals surface area contributed by atoms with Crippen molar-refractivity contribution in [3.63, 3.8) is 0 Å². The highest BCUT2D eigenvalue weighted by atomic mass is 32.2. The van der Waals surface area contributed by atoms with E-state index in [1.54, 1.807) is 24.3 Å². The molecule has 0 aliphatic heterocycles. The molecule has 0 saturated carbocycles. The molecule has 1 amide bonds. The Kier molecular flexibility index (Phi) is 6.24. The third kappa shape index (κ3) is 5.31. The fourth-order valence-corrected chi connectivity index (χ4v) is 4.11. The number of aryl methyl sites for hydroxylation is 3. The van der Waals surface area contributed by atoms with Crippen LogP contribution in [0.1, 0.15) is 28.7 Å². The minimum atomic E-state index is -3.54. The van der Waals surface area contributed by atoms with E-state index in [-0.39, 0.29) is 18.9 Å². The second-order valence-electron chi connectivity index (χ2n) is 6.57. The van der Waals surface area contributed by atoms with Crippen molar-refractivity contribution < 1.29 is 13.2 Å². The van der Waals surface area contributed by atoms with Gasteiger partial charge in [-0.3, -0.25) is 9.10 Å². The zero-order valence-electron chi connectivity index (χ0n) is 15.9. The van der Waals surface area contributed by atoms with Crippen molar-refractivity contribution in [1.82, 2.24) is 0 Å². The van der Waals surface area contributed by atoms with Crippen LogP contribution in [0.15, 0.2) is 36.4 Å². The van der Waals surface area contributed by atoms with Gasteiger partial charge in [0.1, 0.15) is 0 Å². The summed E-state index contributed by atoms with van der Waals surface area (Å²) < 4.78 is 25.9. The average Bonchev–Trinajstić information content (AvgIpc) is 2.56. The van der Waals surface area contributed by atoms with Crippen molar-refractivity contribution in [3.05, 3.63) is 58.7 Å². The highest BCUT2D eigenvalue weighted by molar-refractivity contribution is 7.92. The number of sulfonamides is 1. The molecule has 6 nitrogen and oxygen atoms in total. The number of hydrogen-bond acceptors (Lipinski definition) is 4. The van der Waals surface area contributed by atoms with Crippen LogP contribution in [0.25, 0.3) is 0 Å². The van der Waals surface area contributed by atoms with Crippen LogP contribution in [-0.4, -0.2) is 27.1 Å². The first kappa shape index (κ1) is 20.5. The second-order valence-corrected chi connectivity index (χ2v) is 8.48. The Labute approximate surface area is 160 Å². The number of nitriles is 1. The standard InChI is InChI=1S/C20H23N3O3S/c1-14-11-15(2)20(16(3)12-14)23(27(4,25)26)10-9-19(24)22-18-7-5-17(13-21)6-8-18/h5-8,11-12H,9-10H2,1-4H3,(H,22,24). The van der Waals surface area contributed by atoms with Gasteiger partial charge in [0.15, 0.2) is 0 Å². The van der Waals surface area contributed by atoms with Crippen molar-refractivity contribution in [2.45, 2.75) is 27.2 Å². The summed E-state index contributed by atoms with van der Waals surface area (Å²) in [5.41, 5.74) is 4.44. The molecule has 0 aromatic heterocycles. The molecule has 2 aromatic carbocycles. The van der Waals surface area contributed by atoms with Gasteiger partial charge in [0.2, 0.25) is 15.9 Å². The van der Waals surface area contributed by atoms with Crippen LogP contribution in [0, 0.1) is 32.1 Å². The minimum Gasteiger partial charge on any atom is -0.326 e. The summed E-state index contributed by atoms with van der Waals surface area (Å²) >= 11 is 0. The maximum atomic E-state index is 12.3. The lowest BCUT2D eigenvalue weighted by Gasteiger charge is -2.26. The van der Waals surface area contributed by atoms with E-state index in [1.807, 2.05) is 39.0 Å². The molecule has 0 bridgehead atoms. The van der Waals surface area contributed by atoms with Gasteiger partial charge in [0.25, 0.3) is 0 Å². The van der Waals surface area contributed by atoms with Crippen molar-refractivity contribution in [3.8, 4) is 6.07 Å². The zero-order chi connectivity index (χ0) is 20.2. The van der Waals surface area contributed by atoms with Crippen LogP contribution >= 0.6 is 0 Å². The summed E-state index contributed by atoms with van der Waals surface area (Å²) in [5, 5.41) is 11.5. The topological polar surface area (TPSA) is 90.3 Å². The molecule has 0 atom stereocenters. The Morgan fingerprint density at radius 1 is 1.11 bits per heavy atom. The van der Waals surface area contributed by atoms with E-state index in [4.69, 9.17) is 5.26 Å². The molecule has 0 fully saturated rings. The lowest BCUT2D eigenvalue weighted by molar-refractivity contribution is -0.116. The largest absolute Gasteiger partial charge is 0.326 e. The van der Waals surface area contributed by atoms with Crippen molar-refractivity contribution in [2.75, 3.05) is 22.4 Å². The molecule has 0 unspecified atom stereocenters. The van der Waals surface area contributed by atoms with Gasteiger partial charge < -0.3 is 5.32 Å². The number of carbonyl (C=O) groups is 1. The molecule has 0 radical (unpaired) electrons. The summed E-state index contributed by atoms with van der Waals surface area (Å²) in [6.45, 7) is 5.74. The Morgan fingerprint density at radius 3 is 2.15 bits per heavy atom. The molecule has 2 rings (SSSR count). The average molecular weight is 385 g/mol. The van der Waals surface area contributed by atoms with E-state index in [9.17, 15) is 13.2 Å². The predicted molar refractivity (Wildman–Crippen MR) is 107 cm³/mol. The summed E-state index contributed by atoms with van der Waals surface area (Å²) in [4.78, 5) is 12.3. The van der Waals surface area contributed by atoms with Crippen LogP contribution in [-0.2, 0) is 14.8 Å². The van der Waals surface area contributed by atoms with Gasteiger partial charge in [0, 0.05) is 18.7 Å². The fourth-order valence-electron chi connectivity index (χ4n) is 3.06. The van der Waals surface area contributed by atoms with Crippen LogP contribution < -0.4 is 9.62 Å². The predicted octanol–water partition coefficient (Wildman–Crippen LogP) is 3.28. The van der Waals surface area contributed by atoms with Crippen molar-refractivity contribution >= 4 is 27.3 Å². The van der Waals surface area contributed by atoms with E-state index in [2.05, 4.69) is 5.32 Å². The normalized spacial score (nSPS) is 10.9. The maximum Gasteiger partial charge on any atom is 0.232 e. The number of rotatable bonds is 6. The number of hydrogen-bond donors (Lipinski definition) is 1. The van der Waals surface area contributed by atoms with Gasteiger partial charge in [-0.05, 0) is 56.2 Å². The molecular weight excluding hydrogens is 362 g/mol. The van der Waals surface area contributed by atoms with Gasteiger partial charge >= 0.3 is 0 Å². The Balaban J connectivity index is 2.16. The third-order valence-corrected chi connectivity index (χ3v) is 5.29. The van der Waals surface area contributed by atoms with Crippen LogP contribution in [0.4, 0.5) is 11.4 Å². The SMILES string of the molecule is Cc1cc(C)c(N(CCC(=O)Nc2ccc(C#N)cc2)S(C)(=O)=O)c(C)c1. The van der Waals surface area contributed by atoms with Crippen LogP contribution in [0.3, 0.4) is 0 Å². The first-order valence-electron chi connectivity index (χ1n) is 8.47. The molecule has 0 saturated heterocycles. The fraction of sp³-hybridized carbons (Fsp3) is 0.300. The number of carbonyl (C=O) groups excluding carboxylic acids is 1. The van der Waals surface area contributed by atoms with Crippen molar-refractivity contribution in [2.24, 2.45) is 0 Å². The summed E-state index contributed by atoms with van der Waals surface area (Å²) in [5.74, 6) is -0.296. The first-order chi connectivity index (χ1) is 12.6. The molecule has 2 aromatic rings. The maximum absolute atomic E-state index is 12.3. The smallest absolute Gasteiger partial charge is 0.232 e. The summed E-state index contributed by atoms with van der Waals surface area (Å²) in [6, 6.07) is 12.4. The number of amides is 1. The molecule has 0 aliphatic carbocycles. The van der Waals surface area contributed by atoms with Gasteiger partial charge in [-0.15, -0.1) is 0 Å². The minimum absolute atomic E-state index is 0.0137. The highest BCUT2D eigenvalue weighted by Crippen LogP contribution is 2.28. The third-order valence-electron chi connectivity index (χ3n) is 4.12. The van der Waals surface area contributed by atoms with Gasteiger partial charge in [-0.1, -0.05) is 17.7 Å². The molecule has 142 valence electrons. The van der Waals surface area contributed by atoms with Gasteiger partial charge in [0.05, 0.1) is 23.6 Å². The molecule has 1 N–H and O–H groups in total. The lowest BCUT2D eigenvalue weighted by Crippen LogP contribution is -2.34. The Bertz CT molecular complexity index is 967. The summed E-state index contributed by atoms with van der Waals surface area (Å²) in [7, 11) is -3.54. The van der Waals surface area contributed by atoms with E-state index in [1.165, 1.54) is 4.31 Å². The van der Waals surface area contributed by atoms with Crippen molar-refractivity contribution in [1.29, 1.82) is 5.26 Å². The second kappa shape index (κ2) is 8.23. The number of nitrogens with zero attached hydrogens (tertiary/aromatic N) is 2. The first-order valence-corrected chi connectivity index (χ1v) is 10.3. The molecular formula is C20H23N3O3S. The molecule has 7 heteroatoms.